The molecule has 1 aliphatic carbocycles. The molecular weight excluding hydrogens is 350 g/mol. The summed E-state index contributed by atoms with van der Waals surface area (Å²) in [6.07, 6.45) is 3.05. The molecule has 1 aromatic rings. The Morgan fingerprint density at radius 3 is 2.86 bits per heavy atom. The minimum atomic E-state index is -0.603. The standard InChI is InChI=1S/C16H22BrNO2S/c1-11(21-14-6-4-5-12(17)9-14)10-16(2,15(19)20-3)18-13-7-8-13/h4-6,9,11,13,18H,7-8,10H2,1-3H3. The predicted molar refractivity (Wildman–Crippen MR) is 90.7 cm³/mol. The molecule has 0 heterocycles. The molecule has 1 aromatic carbocycles. The van der Waals surface area contributed by atoms with Gasteiger partial charge in [-0.1, -0.05) is 28.9 Å². The third-order valence-electron chi connectivity index (χ3n) is 3.57. The van der Waals surface area contributed by atoms with Crippen molar-refractivity contribution < 1.29 is 9.53 Å². The van der Waals surface area contributed by atoms with Gasteiger partial charge in [-0.3, -0.25) is 10.1 Å². The van der Waals surface area contributed by atoms with E-state index in [4.69, 9.17) is 4.74 Å². The van der Waals surface area contributed by atoms with Crippen molar-refractivity contribution in [3.05, 3.63) is 28.7 Å². The van der Waals surface area contributed by atoms with Gasteiger partial charge >= 0.3 is 5.97 Å². The van der Waals surface area contributed by atoms with Gasteiger partial charge in [0.2, 0.25) is 0 Å². The predicted octanol–water partition coefficient (Wildman–Crippen LogP) is 4.00. The molecule has 0 bridgehead atoms. The molecule has 2 atom stereocenters. The van der Waals surface area contributed by atoms with E-state index in [0.717, 1.165) is 23.7 Å². The third-order valence-corrected chi connectivity index (χ3v) is 5.15. The number of methoxy groups -OCH3 is 1. The first-order valence-corrected chi connectivity index (χ1v) is 8.88. The molecule has 3 nitrogen and oxygen atoms in total. The van der Waals surface area contributed by atoms with Crippen LogP contribution in [0.15, 0.2) is 33.6 Å². The lowest BCUT2D eigenvalue weighted by molar-refractivity contribution is -0.148. The molecule has 1 N–H and O–H groups in total. The van der Waals surface area contributed by atoms with Gasteiger partial charge < -0.3 is 4.74 Å². The zero-order valence-corrected chi connectivity index (χ0v) is 15.1. The Morgan fingerprint density at radius 2 is 2.29 bits per heavy atom. The largest absolute Gasteiger partial charge is 0.468 e. The van der Waals surface area contributed by atoms with E-state index in [2.05, 4.69) is 40.3 Å². The summed E-state index contributed by atoms with van der Waals surface area (Å²) in [7, 11) is 1.46. The minimum Gasteiger partial charge on any atom is -0.468 e. The van der Waals surface area contributed by atoms with Gasteiger partial charge in [-0.05, 0) is 44.4 Å². The Labute approximate surface area is 139 Å². The van der Waals surface area contributed by atoms with Crippen LogP contribution in [0.4, 0.5) is 0 Å². The number of carbonyl (C=O) groups excluding carboxylic acids is 1. The Bertz CT molecular complexity index is 507. The summed E-state index contributed by atoms with van der Waals surface area (Å²) in [5.41, 5.74) is -0.603. The number of thioether (sulfide) groups is 1. The number of ether oxygens (including phenoxy) is 1. The van der Waals surface area contributed by atoms with E-state index in [-0.39, 0.29) is 5.97 Å². The van der Waals surface area contributed by atoms with Crippen LogP contribution in [0.5, 0.6) is 0 Å². The number of esters is 1. The van der Waals surface area contributed by atoms with Crippen LogP contribution in [0, 0.1) is 0 Å². The van der Waals surface area contributed by atoms with E-state index in [0.29, 0.717) is 11.3 Å². The zero-order valence-electron chi connectivity index (χ0n) is 12.7. The van der Waals surface area contributed by atoms with E-state index in [1.807, 2.05) is 19.1 Å². The van der Waals surface area contributed by atoms with Crippen molar-refractivity contribution in [1.82, 2.24) is 5.32 Å². The number of hydrogen-bond donors (Lipinski definition) is 1. The third kappa shape index (κ3) is 5.01. The molecule has 0 amide bonds. The van der Waals surface area contributed by atoms with Crippen molar-refractivity contribution in [3.8, 4) is 0 Å². The van der Waals surface area contributed by atoms with Crippen molar-refractivity contribution in [2.24, 2.45) is 0 Å². The van der Waals surface area contributed by atoms with Gasteiger partial charge in [-0.2, -0.15) is 0 Å². The van der Waals surface area contributed by atoms with Gasteiger partial charge in [0.1, 0.15) is 5.54 Å². The fourth-order valence-electron chi connectivity index (χ4n) is 2.49. The highest BCUT2D eigenvalue weighted by molar-refractivity contribution is 9.10. The van der Waals surface area contributed by atoms with Crippen molar-refractivity contribution in [3.63, 3.8) is 0 Å². The first kappa shape index (κ1) is 16.8. The van der Waals surface area contributed by atoms with Crippen molar-refractivity contribution >= 4 is 33.7 Å². The summed E-state index contributed by atoms with van der Waals surface area (Å²) in [5.74, 6) is -0.170. The first-order valence-electron chi connectivity index (χ1n) is 7.21. The van der Waals surface area contributed by atoms with Gasteiger partial charge in [-0.15, -0.1) is 11.8 Å². The monoisotopic (exact) mass is 371 g/mol. The lowest BCUT2D eigenvalue weighted by atomic mass is 9.96. The average Bonchev–Trinajstić information content (AvgIpc) is 3.21. The average molecular weight is 372 g/mol. The maximum atomic E-state index is 12.1. The number of hydrogen-bond acceptors (Lipinski definition) is 4. The molecule has 1 saturated carbocycles. The fourth-order valence-corrected chi connectivity index (χ4v) is 4.28. The molecule has 5 heteroatoms. The van der Waals surface area contributed by atoms with Crippen LogP contribution in [0.1, 0.15) is 33.1 Å². The lowest BCUT2D eigenvalue weighted by Crippen LogP contribution is -2.52. The first-order chi connectivity index (χ1) is 9.93. The van der Waals surface area contributed by atoms with Crippen LogP contribution in [0.2, 0.25) is 0 Å². The molecule has 0 aliphatic heterocycles. The van der Waals surface area contributed by atoms with Crippen LogP contribution >= 0.6 is 27.7 Å². The number of halogens is 1. The van der Waals surface area contributed by atoms with E-state index >= 15 is 0 Å². The summed E-state index contributed by atoms with van der Waals surface area (Å²) < 4.78 is 6.07. The second kappa shape index (κ2) is 7.16. The molecule has 2 rings (SSSR count). The molecular formula is C16H22BrNO2S. The van der Waals surface area contributed by atoms with E-state index in [9.17, 15) is 4.79 Å². The summed E-state index contributed by atoms with van der Waals surface area (Å²) in [6, 6.07) is 8.71. The quantitative estimate of drug-likeness (QED) is 0.580. The Kier molecular flexibility index (Phi) is 5.74. The van der Waals surface area contributed by atoms with Crippen molar-refractivity contribution in [2.45, 2.75) is 54.8 Å². The highest BCUT2D eigenvalue weighted by Crippen LogP contribution is 2.32. The van der Waals surface area contributed by atoms with Crippen molar-refractivity contribution in [2.75, 3.05) is 7.11 Å². The zero-order chi connectivity index (χ0) is 15.5. The second-order valence-electron chi connectivity index (χ2n) is 5.83. The van der Waals surface area contributed by atoms with E-state index in [1.54, 1.807) is 11.8 Å². The van der Waals surface area contributed by atoms with Crippen LogP contribution in [0.25, 0.3) is 0 Å². The smallest absolute Gasteiger partial charge is 0.325 e. The van der Waals surface area contributed by atoms with E-state index in [1.165, 1.54) is 12.0 Å². The summed E-state index contributed by atoms with van der Waals surface area (Å²) in [6.45, 7) is 4.11. The molecule has 116 valence electrons. The van der Waals surface area contributed by atoms with Gasteiger partial charge in [0, 0.05) is 20.7 Å². The number of nitrogens with one attached hydrogen (secondary N) is 1. The SMILES string of the molecule is COC(=O)C(C)(CC(C)Sc1cccc(Br)c1)NC1CC1. The van der Waals surface area contributed by atoms with Gasteiger partial charge in [0.05, 0.1) is 7.11 Å². The topological polar surface area (TPSA) is 38.3 Å². The summed E-state index contributed by atoms with van der Waals surface area (Å²) in [5, 5.41) is 3.76. The highest BCUT2D eigenvalue weighted by atomic mass is 79.9. The summed E-state index contributed by atoms with van der Waals surface area (Å²) >= 11 is 5.27. The molecule has 0 aromatic heterocycles. The van der Waals surface area contributed by atoms with Gasteiger partial charge in [0.25, 0.3) is 0 Å². The van der Waals surface area contributed by atoms with Crippen LogP contribution in [-0.2, 0) is 9.53 Å². The fraction of sp³-hybridized carbons (Fsp3) is 0.562. The number of rotatable bonds is 7. The number of carbonyl (C=O) groups is 1. The van der Waals surface area contributed by atoms with Crippen LogP contribution in [-0.4, -0.2) is 29.9 Å². The Hall–Kier alpha value is -0.520. The van der Waals surface area contributed by atoms with Gasteiger partial charge in [-0.25, -0.2) is 0 Å². The Balaban J connectivity index is 2.00. The second-order valence-corrected chi connectivity index (χ2v) is 8.26. The molecule has 0 saturated heterocycles. The molecule has 21 heavy (non-hydrogen) atoms. The Morgan fingerprint density at radius 1 is 1.57 bits per heavy atom. The molecule has 1 fully saturated rings. The van der Waals surface area contributed by atoms with Crippen LogP contribution in [0.3, 0.4) is 0 Å². The highest BCUT2D eigenvalue weighted by Gasteiger charge is 2.40. The summed E-state index contributed by atoms with van der Waals surface area (Å²) in [4.78, 5) is 13.3. The van der Waals surface area contributed by atoms with E-state index < -0.39 is 5.54 Å². The molecule has 1 aliphatic rings. The maximum Gasteiger partial charge on any atom is 0.325 e. The number of benzene rings is 1. The van der Waals surface area contributed by atoms with Crippen LogP contribution < -0.4 is 5.32 Å². The van der Waals surface area contributed by atoms with Crippen molar-refractivity contribution in [1.29, 1.82) is 0 Å². The normalized spacial score (nSPS) is 18.9. The lowest BCUT2D eigenvalue weighted by Gasteiger charge is -2.30. The van der Waals surface area contributed by atoms with Gasteiger partial charge in [0.15, 0.2) is 0 Å². The minimum absolute atomic E-state index is 0.170. The maximum absolute atomic E-state index is 12.1. The molecule has 0 spiro atoms. The molecule has 0 radical (unpaired) electrons. The molecule has 2 unspecified atom stereocenters.